The van der Waals surface area contributed by atoms with Crippen LogP contribution in [-0.2, 0) is 0 Å². The van der Waals surface area contributed by atoms with Crippen LogP contribution in [-0.4, -0.2) is 16.8 Å². The summed E-state index contributed by atoms with van der Waals surface area (Å²) in [6, 6.07) is 6.98. The van der Waals surface area contributed by atoms with Crippen LogP contribution >= 0.6 is 15.9 Å². The third-order valence-electron chi connectivity index (χ3n) is 3.04. The SMILES string of the molecule is Cc1cc(Br)cnc1Nc1ccc2c(c1)C(=O)NC2=O. The van der Waals surface area contributed by atoms with Crippen molar-refractivity contribution in [3.8, 4) is 0 Å². The van der Waals surface area contributed by atoms with Gasteiger partial charge in [0.2, 0.25) is 0 Å². The number of aryl methyl sites for hydroxylation is 1. The zero-order valence-corrected chi connectivity index (χ0v) is 12.1. The van der Waals surface area contributed by atoms with Crippen LogP contribution in [0.2, 0.25) is 0 Å². The minimum absolute atomic E-state index is 0.352. The number of amides is 2. The number of fused-ring (bicyclic) bond motifs is 1. The van der Waals surface area contributed by atoms with Crippen molar-refractivity contribution in [3.63, 3.8) is 0 Å². The number of hydrogen-bond acceptors (Lipinski definition) is 4. The highest BCUT2D eigenvalue weighted by Gasteiger charge is 2.26. The van der Waals surface area contributed by atoms with Gasteiger partial charge in [0, 0.05) is 16.4 Å². The Morgan fingerprint density at radius 1 is 1.15 bits per heavy atom. The fraction of sp³-hybridized carbons (Fsp3) is 0.0714. The van der Waals surface area contributed by atoms with Gasteiger partial charge in [-0.2, -0.15) is 0 Å². The van der Waals surface area contributed by atoms with Gasteiger partial charge >= 0.3 is 0 Å². The summed E-state index contributed by atoms with van der Waals surface area (Å²) in [6.45, 7) is 1.93. The van der Waals surface area contributed by atoms with E-state index in [1.54, 1.807) is 24.4 Å². The molecule has 0 unspecified atom stereocenters. The van der Waals surface area contributed by atoms with Gasteiger partial charge in [-0.25, -0.2) is 4.98 Å². The Morgan fingerprint density at radius 2 is 1.90 bits per heavy atom. The molecule has 0 saturated heterocycles. The van der Waals surface area contributed by atoms with E-state index in [1.807, 2.05) is 13.0 Å². The summed E-state index contributed by atoms with van der Waals surface area (Å²) < 4.78 is 0.902. The lowest BCUT2D eigenvalue weighted by molar-refractivity contribution is 0.0879. The van der Waals surface area contributed by atoms with Crippen molar-refractivity contribution < 1.29 is 9.59 Å². The van der Waals surface area contributed by atoms with Crippen LogP contribution in [0, 0.1) is 6.92 Å². The van der Waals surface area contributed by atoms with Crippen molar-refractivity contribution in [2.24, 2.45) is 0 Å². The molecule has 0 radical (unpaired) electrons. The summed E-state index contributed by atoms with van der Waals surface area (Å²) in [7, 11) is 0. The van der Waals surface area contributed by atoms with Gasteiger partial charge in [-0.3, -0.25) is 14.9 Å². The molecule has 0 atom stereocenters. The number of rotatable bonds is 2. The molecule has 1 aromatic heterocycles. The molecule has 0 saturated carbocycles. The van der Waals surface area contributed by atoms with E-state index >= 15 is 0 Å². The Bertz CT molecular complexity index is 743. The van der Waals surface area contributed by atoms with Crippen molar-refractivity contribution in [3.05, 3.63) is 51.6 Å². The number of anilines is 2. The van der Waals surface area contributed by atoms with Gasteiger partial charge in [0.05, 0.1) is 11.1 Å². The number of pyridine rings is 1. The Labute approximate surface area is 123 Å². The molecular weight excluding hydrogens is 322 g/mol. The van der Waals surface area contributed by atoms with Gasteiger partial charge in [-0.05, 0) is 52.7 Å². The van der Waals surface area contributed by atoms with Crippen molar-refractivity contribution in [1.82, 2.24) is 10.3 Å². The number of halogens is 1. The lowest BCUT2D eigenvalue weighted by Gasteiger charge is -2.09. The first kappa shape index (κ1) is 12.8. The molecule has 100 valence electrons. The lowest BCUT2D eigenvalue weighted by atomic mass is 10.1. The van der Waals surface area contributed by atoms with Gasteiger partial charge in [0.25, 0.3) is 11.8 Å². The van der Waals surface area contributed by atoms with E-state index < -0.39 is 0 Å². The topological polar surface area (TPSA) is 71.1 Å². The molecule has 0 fully saturated rings. The van der Waals surface area contributed by atoms with Gasteiger partial charge < -0.3 is 5.32 Å². The Morgan fingerprint density at radius 3 is 2.65 bits per heavy atom. The highest BCUT2D eigenvalue weighted by molar-refractivity contribution is 9.10. The molecule has 5 nitrogen and oxygen atoms in total. The number of aromatic nitrogens is 1. The van der Waals surface area contributed by atoms with Crippen LogP contribution in [0.1, 0.15) is 26.3 Å². The fourth-order valence-electron chi connectivity index (χ4n) is 2.05. The maximum Gasteiger partial charge on any atom is 0.259 e. The van der Waals surface area contributed by atoms with E-state index in [-0.39, 0.29) is 11.8 Å². The summed E-state index contributed by atoms with van der Waals surface area (Å²) in [5.74, 6) is -0.0125. The average Bonchev–Trinajstić information content (AvgIpc) is 2.68. The minimum Gasteiger partial charge on any atom is -0.340 e. The molecule has 1 aromatic carbocycles. The average molecular weight is 332 g/mol. The van der Waals surface area contributed by atoms with Crippen molar-refractivity contribution >= 4 is 39.2 Å². The predicted octanol–water partition coefficient (Wildman–Crippen LogP) is 2.78. The van der Waals surface area contributed by atoms with E-state index in [4.69, 9.17) is 0 Å². The van der Waals surface area contributed by atoms with Gasteiger partial charge in [0.15, 0.2) is 0 Å². The molecule has 2 amide bonds. The Balaban J connectivity index is 1.95. The zero-order valence-electron chi connectivity index (χ0n) is 10.5. The van der Waals surface area contributed by atoms with Crippen LogP contribution in [0.25, 0.3) is 0 Å². The molecule has 6 heteroatoms. The van der Waals surface area contributed by atoms with Crippen LogP contribution in [0.15, 0.2) is 34.9 Å². The summed E-state index contributed by atoms with van der Waals surface area (Å²) in [5, 5.41) is 5.41. The predicted molar refractivity (Wildman–Crippen MR) is 78.2 cm³/mol. The lowest BCUT2D eigenvalue weighted by Crippen LogP contribution is -2.19. The minimum atomic E-state index is -0.367. The van der Waals surface area contributed by atoms with E-state index in [0.29, 0.717) is 22.6 Å². The molecule has 0 aliphatic carbocycles. The summed E-state index contributed by atoms with van der Waals surface area (Å²) in [4.78, 5) is 27.4. The molecule has 2 aromatic rings. The van der Waals surface area contributed by atoms with Crippen LogP contribution in [0.4, 0.5) is 11.5 Å². The highest BCUT2D eigenvalue weighted by atomic mass is 79.9. The molecule has 3 rings (SSSR count). The van der Waals surface area contributed by atoms with Crippen LogP contribution < -0.4 is 10.6 Å². The van der Waals surface area contributed by atoms with Gasteiger partial charge in [-0.1, -0.05) is 0 Å². The second-order valence-electron chi connectivity index (χ2n) is 4.49. The van der Waals surface area contributed by atoms with Crippen molar-refractivity contribution in [2.75, 3.05) is 5.32 Å². The van der Waals surface area contributed by atoms with Crippen molar-refractivity contribution in [2.45, 2.75) is 6.92 Å². The molecule has 20 heavy (non-hydrogen) atoms. The standard InChI is InChI=1S/C14H10BrN3O2/c1-7-4-8(15)6-16-12(7)17-9-2-3-10-11(5-9)14(20)18-13(10)19/h2-6H,1H3,(H,16,17)(H,18,19,20). The van der Waals surface area contributed by atoms with Gasteiger partial charge in [-0.15, -0.1) is 0 Å². The van der Waals surface area contributed by atoms with Gasteiger partial charge in [0.1, 0.15) is 5.82 Å². The fourth-order valence-corrected chi connectivity index (χ4v) is 2.50. The van der Waals surface area contributed by atoms with Crippen LogP contribution in [0.5, 0.6) is 0 Å². The number of imide groups is 1. The monoisotopic (exact) mass is 331 g/mol. The molecule has 2 heterocycles. The first-order chi connectivity index (χ1) is 9.54. The van der Waals surface area contributed by atoms with E-state index in [1.165, 1.54) is 0 Å². The number of carbonyl (C=O) groups excluding carboxylic acids is 2. The number of nitrogens with one attached hydrogen (secondary N) is 2. The normalized spacial score (nSPS) is 13.1. The number of benzene rings is 1. The largest absolute Gasteiger partial charge is 0.340 e. The third-order valence-corrected chi connectivity index (χ3v) is 3.48. The summed E-state index contributed by atoms with van der Waals surface area (Å²) in [6.07, 6.45) is 1.69. The van der Waals surface area contributed by atoms with Crippen LogP contribution in [0.3, 0.4) is 0 Å². The quantitative estimate of drug-likeness (QED) is 0.830. The first-order valence-corrected chi connectivity index (χ1v) is 6.73. The molecule has 2 N–H and O–H groups in total. The van der Waals surface area contributed by atoms with E-state index in [0.717, 1.165) is 10.0 Å². The smallest absolute Gasteiger partial charge is 0.259 e. The third kappa shape index (κ3) is 2.18. The number of carbonyl (C=O) groups is 2. The van der Waals surface area contributed by atoms with E-state index in [2.05, 4.69) is 31.5 Å². The Hall–Kier alpha value is -2.21. The highest BCUT2D eigenvalue weighted by Crippen LogP contribution is 2.24. The first-order valence-electron chi connectivity index (χ1n) is 5.93. The molecular formula is C14H10BrN3O2. The number of hydrogen-bond donors (Lipinski definition) is 2. The zero-order chi connectivity index (χ0) is 14.3. The second-order valence-corrected chi connectivity index (χ2v) is 5.40. The summed E-state index contributed by atoms with van der Waals surface area (Å²) in [5.41, 5.74) is 2.47. The Kier molecular flexibility index (Phi) is 3.02. The number of nitrogens with zero attached hydrogens (tertiary/aromatic N) is 1. The van der Waals surface area contributed by atoms with Crippen molar-refractivity contribution in [1.29, 1.82) is 0 Å². The second kappa shape index (κ2) is 4.72. The molecule has 0 spiro atoms. The maximum absolute atomic E-state index is 11.6. The molecule has 1 aliphatic rings. The molecule has 1 aliphatic heterocycles. The molecule has 0 bridgehead atoms. The summed E-state index contributed by atoms with van der Waals surface area (Å²) >= 11 is 3.36. The maximum atomic E-state index is 11.6. The van der Waals surface area contributed by atoms with E-state index in [9.17, 15) is 9.59 Å².